The van der Waals surface area contributed by atoms with Crippen LogP contribution in [0.5, 0.6) is 0 Å². The predicted molar refractivity (Wildman–Crippen MR) is 126 cm³/mol. The van der Waals surface area contributed by atoms with Gasteiger partial charge in [-0.1, -0.05) is 36.4 Å². The normalized spacial score (nSPS) is 12.7. The van der Waals surface area contributed by atoms with Gasteiger partial charge < -0.3 is 15.6 Å². The van der Waals surface area contributed by atoms with Crippen LogP contribution in [0.3, 0.4) is 0 Å². The van der Waals surface area contributed by atoms with Crippen molar-refractivity contribution in [3.63, 3.8) is 0 Å². The van der Waals surface area contributed by atoms with Crippen LogP contribution < -0.4 is 11.1 Å². The number of anilines is 3. The van der Waals surface area contributed by atoms with Gasteiger partial charge in [0, 0.05) is 28.5 Å². The predicted octanol–water partition coefficient (Wildman–Crippen LogP) is 5.38. The molecule has 0 amide bonds. The van der Waals surface area contributed by atoms with E-state index in [2.05, 4.69) is 45.7 Å². The summed E-state index contributed by atoms with van der Waals surface area (Å²) in [7, 11) is 0. The van der Waals surface area contributed by atoms with Gasteiger partial charge in [-0.3, -0.25) is 0 Å². The van der Waals surface area contributed by atoms with Gasteiger partial charge in [0.15, 0.2) is 5.65 Å². The minimum atomic E-state index is 0.468. The van der Waals surface area contributed by atoms with Crippen LogP contribution in [-0.2, 0) is 0 Å². The van der Waals surface area contributed by atoms with E-state index in [9.17, 15) is 0 Å². The number of hydrogen-bond donors (Lipinski definition) is 2. The molecule has 3 aromatic heterocycles. The Morgan fingerprint density at radius 3 is 2.58 bits per heavy atom. The molecule has 2 aromatic carbocycles. The minimum absolute atomic E-state index is 0.468. The molecule has 1 aliphatic rings. The zero-order chi connectivity index (χ0) is 20.8. The van der Waals surface area contributed by atoms with Crippen molar-refractivity contribution in [3.05, 3.63) is 91.4 Å². The quantitative estimate of drug-likeness (QED) is 0.422. The van der Waals surface area contributed by atoms with Crippen molar-refractivity contribution in [1.82, 2.24) is 19.5 Å². The largest absolute Gasteiger partial charge is 0.383 e. The molecular formula is C25H18N6. The first-order valence-electron chi connectivity index (χ1n) is 10.00. The number of hydrogen-bond acceptors (Lipinski definition) is 5. The Balaban J connectivity index is 1.48. The number of nitrogens with one attached hydrogen (secondary N) is 1. The smallest absolute Gasteiger partial charge is 0.150 e. The maximum atomic E-state index is 6.26. The van der Waals surface area contributed by atoms with Crippen molar-refractivity contribution in [1.29, 1.82) is 0 Å². The number of rotatable bonds is 4. The standard InChI is InChI=1S/C25H18N6/c26-24-23-20(14-31(19-7-4-8-19)25(23)28-15-27-24)17-10-9-16-11-12-22(30-21(16)13-17)29-18-5-2-1-3-6-18/h1-15H,(H,29,30)(H2,26,27,28). The highest BCUT2D eigenvalue weighted by Gasteiger charge is 2.17. The number of allylic oxidation sites excluding steroid dienone is 4. The van der Waals surface area contributed by atoms with Gasteiger partial charge in [-0.25, -0.2) is 15.0 Å². The molecule has 5 aromatic rings. The lowest BCUT2D eigenvalue weighted by atomic mass is 10.0. The Morgan fingerprint density at radius 2 is 1.77 bits per heavy atom. The van der Waals surface area contributed by atoms with Crippen LogP contribution in [0.2, 0.25) is 0 Å². The number of nitrogens with two attached hydrogens (primary N) is 1. The second-order valence-corrected chi connectivity index (χ2v) is 7.42. The van der Waals surface area contributed by atoms with Crippen molar-refractivity contribution in [3.8, 4) is 11.1 Å². The Hall–Kier alpha value is -4.45. The van der Waals surface area contributed by atoms with E-state index in [1.807, 2.05) is 59.2 Å². The third-order valence-corrected chi connectivity index (χ3v) is 5.47. The Morgan fingerprint density at radius 1 is 0.935 bits per heavy atom. The maximum Gasteiger partial charge on any atom is 0.150 e. The molecule has 3 heterocycles. The molecule has 0 saturated carbocycles. The topological polar surface area (TPSA) is 81.7 Å². The molecule has 0 saturated heterocycles. The summed E-state index contributed by atoms with van der Waals surface area (Å²) in [4.78, 5) is 13.5. The van der Waals surface area contributed by atoms with Crippen molar-refractivity contribution < 1.29 is 0 Å². The lowest BCUT2D eigenvalue weighted by Crippen LogP contribution is -1.99. The average Bonchev–Trinajstić information content (AvgIpc) is 3.13. The number of benzene rings is 2. The first-order valence-corrected chi connectivity index (χ1v) is 10.00. The van der Waals surface area contributed by atoms with Gasteiger partial charge in [-0.05, 0) is 48.0 Å². The third-order valence-electron chi connectivity index (χ3n) is 5.47. The molecule has 6 heteroatoms. The van der Waals surface area contributed by atoms with Gasteiger partial charge in [0.05, 0.1) is 10.9 Å². The van der Waals surface area contributed by atoms with Crippen LogP contribution in [0.15, 0.2) is 91.4 Å². The van der Waals surface area contributed by atoms with E-state index < -0.39 is 0 Å². The van der Waals surface area contributed by atoms with Crippen LogP contribution in [0.1, 0.15) is 0 Å². The van der Waals surface area contributed by atoms with Crippen LogP contribution >= 0.6 is 0 Å². The molecule has 0 fully saturated rings. The summed E-state index contributed by atoms with van der Waals surface area (Å²) in [5.74, 6) is 1.26. The second kappa shape index (κ2) is 6.81. The molecule has 1 aliphatic carbocycles. The van der Waals surface area contributed by atoms with Crippen molar-refractivity contribution in [2.45, 2.75) is 0 Å². The van der Waals surface area contributed by atoms with Crippen LogP contribution in [0.25, 0.3) is 38.8 Å². The molecule has 0 atom stereocenters. The summed E-state index contributed by atoms with van der Waals surface area (Å²) >= 11 is 0. The van der Waals surface area contributed by atoms with E-state index in [1.165, 1.54) is 6.33 Å². The van der Waals surface area contributed by atoms with E-state index in [-0.39, 0.29) is 0 Å². The number of pyridine rings is 1. The summed E-state index contributed by atoms with van der Waals surface area (Å²) in [6, 6.07) is 20.3. The van der Waals surface area contributed by atoms with E-state index in [0.29, 0.717) is 5.82 Å². The van der Waals surface area contributed by atoms with E-state index in [1.54, 1.807) is 0 Å². The number of para-hydroxylation sites is 1. The molecule has 3 N–H and O–H groups in total. The molecule has 0 bridgehead atoms. The molecule has 148 valence electrons. The van der Waals surface area contributed by atoms with Crippen molar-refractivity contribution in [2.24, 2.45) is 0 Å². The highest BCUT2D eigenvalue weighted by molar-refractivity contribution is 6.03. The number of nitrogens with zero attached hydrogens (tertiary/aromatic N) is 4. The Kier molecular flexibility index (Phi) is 3.83. The molecule has 0 spiro atoms. The first-order chi connectivity index (χ1) is 15.3. The fourth-order valence-corrected chi connectivity index (χ4v) is 3.87. The van der Waals surface area contributed by atoms with Crippen LogP contribution in [-0.4, -0.2) is 19.5 Å². The van der Waals surface area contributed by atoms with Gasteiger partial charge in [-0.2, -0.15) is 0 Å². The summed E-state index contributed by atoms with van der Waals surface area (Å²) in [6.07, 6.45) is 9.67. The Bertz CT molecular complexity index is 1510. The molecule has 0 aliphatic heterocycles. The monoisotopic (exact) mass is 402 g/mol. The van der Waals surface area contributed by atoms with E-state index in [0.717, 1.165) is 50.3 Å². The second-order valence-electron chi connectivity index (χ2n) is 7.42. The number of aromatic nitrogens is 4. The van der Waals surface area contributed by atoms with Gasteiger partial charge in [0.2, 0.25) is 0 Å². The molecule has 31 heavy (non-hydrogen) atoms. The molecule has 0 unspecified atom stereocenters. The van der Waals surface area contributed by atoms with Crippen molar-refractivity contribution in [2.75, 3.05) is 11.1 Å². The molecule has 6 nitrogen and oxygen atoms in total. The van der Waals surface area contributed by atoms with Gasteiger partial charge in [0.25, 0.3) is 0 Å². The molecular weight excluding hydrogens is 384 g/mol. The third kappa shape index (κ3) is 2.93. The van der Waals surface area contributed by atoms with Crippen LogP contribution in [0.4, 0.5) is 17.3 Å². The Labute approximate surface area is 178 Å². The van der Waals surface area contributed by atoms with E-state index >= 15 is 0 Å². The SMILES string of the molecule is Nc1ncnc2c1c(-c1ccc3ccc(Nc4ccccc4)nc3c1)cn2C1=CC=C1. The van der Waals surface area contributed by atoms with Crippen LogP contribution in [0, 0.1) is 0 Å². The van der Waals surface area contributed by atoms with Crippen molar-refractivity contribution >= 4 is 45.0 Å². The van der Waals surface area contributed by atoms with Gasteiger partial charge in [0.1, 0.15) is 18.0 Å². The summed E-state index contributed by atoms with van der Waals surface area (Å²) in [6.45, 7) is 0. The van der Waals surface area contributed by atoms with E-state index in [4.69, 9.17) is 10.7 Å². The molecule has 6 rings (SSSR count). The highest BCUT2D eigenvalue weighted by Crippen LogP contribution is 2.36. The summed E-state index contributed by atoms with van der Waals surface area (Å²) in [5.41, 5.74) is 12.0. The first kappa shape index (κ1) is 17.4. The fourth-order valence-electron chi connectivity index (χ4n) is 3.87. The maximum absolute atomic E-state index is 6.26. The number of nitrogen functional groups attached to an aromatic ring is 1. The zero-order valence-corrected chi connectivity index (χ0v) is 16.5. The lowest BCUT2D eigenvalue weighted by molar-refractivity contribution is 1.10. The summed E-state index contributed by atoms with van der Waals surface area (Å²) < 4.78 is 2.05. The zero-order valence-electron chi connectivity index (χ0n) is 16.5. The lowest BCUT2D eigenvalue weighted by Gasteiger charge is -2.09. The summed E-state index contributed by atoms with van der Waals surface area (Å²) in [5, 5.41) is 5.28. The minimum Gasteiger partial charge on any atom is -0.383 e. The molecule has 0 radical (unpaired) electrons. The van der Waals surface area contributed by atoms with Gasteiger partial charge >= 0.3 is 0 Å². The average molecular weight is 402 g/mol. The highest BCUT2D eigenvalue weighted by atomic mass is 15.1. The van der Waals surface area contributed by atoms with Gasteiger partial charge in [-0.15, -0.1) is 0 Å². The fraction of sp³-hybridized carbons (Fsp3) is 0. The number of fused-ring (bicyclic) bond motifs is 2.